The molecule has 0 aromatic carbocycles. The van der Waals surface area contributed by atoms with E-state index < -0.39 is 71.0 Å². The molecular formula is C30H41FN4O9. The molecule has 0 bridgehead atoms. The number of carboxylic acid groups (broad SMARTS) is 1. The molecule has 13 nitrogen and oxygen atoms in total. The van der Waals surface area contributed by atoms with Gasteiger partial charge in [0.15, 0.2) is 0 Å². The van der Waals surface area contributed by atoms with E-state index >= 15 is 0 Å². The summed E-state index contributed by atoms with van der Waals surface area (Å²) in [5.41, 5.74) is -2.01. The Morgan fingerprint density at radius 3 is 2.70 bits per heavy atom. The molecule has 3 N–H and O–H groups in total. The molecule has 14 heteroatoms. The fraction of sp³-hybridized carbons (Fsp3) is 0.633. The average Bonchev–Trinajstić information content (AvgIpc) is 3.26. The molecule has 0 aromatic heterocycles. The summed E-state index contributed by atoms with van der Waals surface area (Å²) in [5, 5.41) is 15.1. The second kappa shape index (κ2) is 13.4. The van der Waals surface area contributed by atoms with E-state index in [-0.39, 0.29) is 45.7 Å². The molecular weight excluding hydrogens is 579 g/mol. The molecule has 1 saturated carbocycles. The van der Waals surface area contributed by atoms with E-state index in [1.165, 1.54) is 15.9 Å². The fourth-order valence-corrected chi connectivity index (χ4v) is 5.50. The maximum atomic E-state index is 14.0. The highest BCUT2D eigenvalue weighted by Crippen LogP contribution is 2.45. The van der Waals surface area contributed by atoms with Gasteiger partial charge in [-0.1, -0.05) is 24.3 Å². The average molecular weight is 621 g/mol. The topological polar surface area (TPSA) is 164 Å². The van der Waals surface area contributed by atoms with Crippen molar-refractivity contribution in [3.05, 3.63) is 35.7 Å². The summed E-state index contributed by atoms with van der Waals surface area (Å²) in [6.45, 7) is 6.54. The number of fused-ring (bicyclic) bond motifs is 2. The van der Waals surface area contributed by atoms with Crippen molar-refractivity contribution in [3.8, 4) is 0 Å². The lowest BCUT2D eigenvalue weighted by molar-refractivity contribution is -0.146. The monoisotopic (exact) mass is 620 g/mol. The number of hydrogen-bond acceptors (Lipinski definition) is 8. The summed E-state index contributed by atoms with van der Waals surface area (Å²) in [4.78, 5) is 67.9. The molecule has 4 amide bonds. The second-order valence-electron chi connectivity index (χ2n) is 12.4. The normalized spacial score (nSPS) is 29.8. The number of carbonyl (C=O) groups is 5. The number of carboxylic acids is 1. The number of allylic oxidation sites excluding steroid dienone is 2. The minimum Gasteiger partial charge on any atom is -0.479 e. The molecule has 2 fully saturated rings. The number of alkyl carbamates (subject to hydrolysis) is 1. The molecule has 4 rings (SSSR count). The van der Waals surface area contributed by atoms with E-state index in [1.807, 2.05) is 6.08 Å². The van der Waals surface area contributed by atoms with E-state index in [1.54, 1.807) is 39.8 Å². The first-order valence-electron chi connectivity index (χ1n) is 14.8. The Morgan fingerprint density at radius 2 is 2.02 bits per heavy atom. The summed E-state index contributed by atoms with van der Waals surface area (Å²) in [6, 6.07) is -2.45. The number of halogens is 1. The van der Waals surface area contributed by atoms with Crippen molar-refractivity contribution in [2.75, 3.05) is 32.8 Å². The Labute approximate surface area is 255 Å². The zero-order valence-corrected chi connectivity index (χ0v) is 25.5. The van der Waals surface area contributed by atoms with Crippen molar-refractivity contribution in [2.45, 2.75) is 82.7 Å². The highest BCUT2D eigenvalue weighted by molar-refractivity contribution is 5.96. The van der Waals surface area contributed by atoms with Gasteiger partial charge in [0.1, 0.15) is 35.2 Å². The molecule has 1 saturated heterocycles. The van der Waals surface area contributed by atoms with Gasteiger partial charge in [0.2, 0.25) is 11.8 Å². The fourth-order valence-electron chi connectivity index (χ4n) is 5.50. The number of nitrogens with zero attached hydrogens (tertiary/aromatic N) is 2. The number of hydrogen-bond donors (Lipinski definition) is 3. The first kappa shape index (κ1) is 33.0. The minimum atomic E-state index is -1.52. The Kier molecular flexibility index (Phi) is 10.0. The van der Waals surface area contributed by atoms with Gasteiger partial charge in [-0.15, -0.1) is 0 Å². The van der Waals surface area contributed by atoms with Crippen LogP contribution in [0, 0.1) is 5.92 Å². The van der Waals surface area contributed by atoms with Crippen LogP contribution in [0.15, 0.2) is 35.7 Å². The van der Waals surface area contributed by atoms with Crippen LogP contribution in [0.5, 0.6) is 0 Å². The standard InChI is InChI=1S/C30H41FN4O9/c1-5-21(31)18-10-11-34(15-18)28(41)43-20-13-23-24(36)33-30(26(38)39)14-19(30)9-7-6-8-12-42-17-22(25(37)35(23)16-20)32-27(40)44-29(2,3)4/h5,7,9-10,19-20,22-23H,6,8,11-17H2,1-4H3,(H,32,40)(H,33,36)(H,38,39)/t19-,20-,22+,23+,30-/m1/s1. The first-order valence-corrected chi connectivity index (χ1v) is 14.8. The molecule has 0 radical (unpaired) electrons. The van der Waals surface area contributed by atoms with Crippen molar-refractivity contribution < 1.29 is 47.7 Å². The molecule has 3 aliphatic heterocycles. The lowest BCUT2D eigenvalue weighted by Gasteiger charge is -2.30. The van der Waals surface area contributed by atoms with Crippen LogP contribution in [-0.2, 0) is 28.6 Å². The third kappa shape index (κ3) is 7.76. The third-order valence-electron chi connectivity index (χ3n) is 7.90. The van der Waals surface area contributed by atoms with Gasteiger partial charge < -0.3 is 39.8 Å². The highest BCUT2D eigenvalue weighted by Gasteiger charge is 2.61. The molecule has 5 atom stereocenters. The Morgan fingerprint density at radius 1 is 1.27 bits per heavy atom. The van der Waals surface area contributed by atoms with Crippen molar-refractivity contribution >= 4 is 30.0 Å². The molecule has 1 aliphatic carbocycles. The van der Waals surface area contributed by atoms with Gasteiger partial charge in [0.05, 0.1) is 19.7 Å². The van der Waals surface area contributed by atoms with Crippen LogP contribution in [0.3, 0.4) is 0 Å². The quantitative estimate of drug-likeness (QED) is 0.401. The Hall–Kier alpha value is -3.94. The number of aliphatic carboxylic acids is 1. The molecule has 242 valence electrons. The highest BCUT2D eigenvalue weighted by atomic mass is 19.1. The van der Waals surface area contributed by atoms with E-state index in [4.69, 9.17) is 14.2 Å². The van der Waals surface area contributed by atoms with Gasteiger partial charge in [-0.25, -0.2) is 18.8 Å². The lowest BCUT2D eigenvalue weighted by Crippen LogP contribution is -2.57. The third-order valence-corrected chi connectivity index (χ3v) is 7.90. The van der Waals surface area contributed by atoms with E-state index in [9.17, 15) is 33.5 Å². The molecule has 0 spiro atoms. The van der Waals surface area contributed by atoms with Crippen LogP contribution in [0.4, 0.5) is 14.0 Å². The van der Waals surface area contributed by atoms with Crippen LogP contribution in [0.2, 0.25) is 0 Å². The SMILES string of the molecule is CC=C(F)C1=CCN(C(=O)O[C@@H]2C[C@H]3C(=O)N[C@]4(C(=O)O)C[C@H]4C=CCCCOC[C@H](NC(=O)OC(C)(C)C)C(=O)N3C2)C1. The van der Waals surface area contributed by atoms with E-state index in [0.29, 0.717) is 18.4 Å². The summed E-state index contributed by atoms with van der Waals surface area (Å²) >= 11 is 0. The Bertz CT molecular complexity index is 1260. The van der Waals surface area contributed by atoms with Gasteiger partial charge in [0, 0.05) is 31.1 Å². The number of carbonyl (C=O) groups excluding carboxylic acids is 4. The van der Waals surface area contributed by atoms with Crippen LogP contribution < -0.4 is 10.6 Å². The lowest BCUT2D eigenvalue weighted by atomic mass is 10.1. The van der Waals surface area contributed by atoms with E-state index in [2.05, 4.69) is 10.6 Å². The number of rotatable bonds is 4. The molecule has 44 heavy (non-hydrogen) atoms. The molecule has 4 aliphatic rings. The summed E-state index contributed by atoms with van der Waals surface area (Å²) in [6.07, 6.45) is 5.17. The van der Waals surface area contributed by atoms with Crippen molar-refractivity contribution in [3.63, 3.8) is 0 Å². The van der Waals surface area contributed by atoms with Gasteiger partial charge in [-0.2, -0.15) is 0 Å². The smallest absolute Gasteiger partial charge is 0.410 e. The zero-order chi connectivity index (χ0) is 32.2. The minimum absolute atomic E-state index is 0.00352. The summed E-state index contributed by atoms with van der Waals surface area (Å²) in [5.74, 6) is -3.46. The van der Waals surface area contributed by atoms with Crippen LogP contribution in [0.1, 0.15) is 53.4 Å². The number of nitrogens with one attached hydrogen (secondary N) is 2. The predicted octanol–water partition coefficient (Wildman–Crippen LogP) is 2.43. The summed E-state index contributed by atoms with van der Waals surface area (Å²) in [7, 11) is 0. The maximum absolute atomic E-state index is 14.0. The van der Waals surface area contributed by atoms with Gasteiger partial charge in [-0.05, 0) is 47.0 Å². The first-order chi connectivity index (χ1) is 20.7. The number of ether oxygens (including phenoxy) is 3. The van der Waals surface area contributed by atoms with Crippen LogP contribution >= 0.6 is 0 Å². The maximum Gasteiger partial charge on any atom is 0.410 e. The van der Waals surface area contributed by atoms with Gasteiger partial charge >= 0.3 is 18.2 Å². The van der Waals surface area contributed by atoms with Crippen LogP contribution in [0.25, 0.3) is 0 Å². The van der Waals surface area contributed by atoms with Crippen molar-refractivity contribution in [1.29, 1.82) is 0 Å². The molecule has 0 unspecified atom stereocenters. The van der Waals surface area contributed by atoms with Crippen molar-refractivity contribution in [1.82, 2.24) is 20.4 Å². The van der Waals surface area contributed by atoms with Crippen LogP contribution in [-0.4, -0.2) is 107 Å². The summed E-state index contributed by atoms with van der Waals surface area (Å²) < 4.78 is 30.7. The van der Waals surface area contributed by atoms with Gasteiger partial charge in [-0.3, -0.25) is 9.59 Å². The Balaban J connectivity index is 1.56. The van der Waals surface area contributed by atoms with E-state index in [0.717, 1.165) is 0 Å². The number of amides is 4. The van der Waals surface area contributed by atoms with Gasteiger partial charge in [0.25, 0.3) is 0 Å². The molecule has 0 aromatic rings. The predicted molar refractivity (Wildman–Crippen MR) is 154 cm³/mol. The largest absolute Gasteiger partial charge is 0.479 e. The second-order valence-corrected chi connectivity index (χ2v) is 12.4. The molecule has 3 heterocycles. The van der Waals surface area contributed by atoms with Crippen molar-refractivity contribution in [2.24, 2.45) is 5.92 Å². The zero-order valence-electron chi connectivity index (χ0n) is 25.5.